The lowest BCUT2D eigenvalue weighted by Gasteiger charge is -2.12. The Kier molecular flexibility index (Phi) is 3.85. The van der Waals surface area contributed by atoms with Gasteiger partial charge in [0, 0.05) is 11.4 Å². The third-order valence-electron chi connectivity index (χ3n) is 1.42. The number of hydrogen-bond donors (Lipinski definition) is 1. The predicted molar refractivity (Wildman–Crippen MR) is 61.1 cm³/mol. The Morgan fingerprint density at radius 2 is 2.62 bits per heavy atom. The van der Waals surface area contributed by atoms with E-state index in [9.17, 15) is 0 Å². The highest BCUT2D eigenvalue weighted by Crippen LogP contribution is 2.05. The van der Waals surface area contributed by atoms with E-state index in [0.29, 0.717) is 11.7 Å². The van der Waals surface area contributed by atoms with Crippen molar-refractivity contribution in [2.45, 2.75) is 6.92 Å². The molecule has 0 aliphatic rings. The van der Waals surface area contributed by atoms with E-state index in [1.807, 2.05) is 24.4 Å². The first-order chi connectivity index (χ1) is 6.24. The van der Waals surface area contributed by atoms with Gasteiger partial charge in [-0.25, -0.2) is 5.01 Å². The van der Waals surface area contributed by atoms with Gasteiger partial charge in [-0.3, -0.25) is 0 Å². The summed E-state index contributed by atoms with van der Waals surface area (Å²) < 4.78 is 0. The number of hydrogen-bond acceptors (Lipinski definition) is 3. The van der Waals surface area contributed by atoms with E-state index < -0.39 is 0 Å². The molecule has 0 radical (unpaired) electrons. The fourth-order valence-corrected chi connectivity index (χ4v) is 1.54. The fraction of sp³-hybridized carbons (Fsp3) is 0.250. The van der Waals surface area contributed by atoms with Gasteiger partial charge in [0.05, 0.1) is 6.21 Å². The minimum atomic E-state index is 0.301. The van der Waals surface area contributed by atoms with Gasteiger partial charge in [-0.2, -0.15) is 5.10 Å². The van der Waals surface area contributed by atoms with Crippen molar-refractivity contribution in [2.24, 2.45) is 10.8 Å². The summed E-state index contributed by atoms with van der Waals surface area (Å²) in [6.45, 7) is 2.64. The van der Waals surface area contributed by atoms with Gasteiger partial charge >= 0.3 is 0 Å². The molecule has 0 fully saturated rings. The maximum atomic E-state index is 5.43. The number of rotatable bonds is 3. The lowest BCUT2D eigenvalue weighted by molar-refractivity contribution is 0.477. The van der Waals surface area contributed by atoms with Gasteiger partial charge in [-0.05, 0) is 30.6 Å². The van der Waals surface area contributed by atoms with Crippen molar-refractivity contribution in [1.29, 1.82) is 0 Å². The van der Waals surface area contributed by atoms with Gasteiger partial charge in [0.1, 0.15) is 0 Å². The van der Waals surface area contributed by atoms with Crippen LogP contribution in [-0.4, -0.2) is 22.9 Å². The molecule has 13 heavy (non-hydrogen) atoms. The normalized spacial score (nSPS) is 10.5. The molecule has 0 saturated heterocycles. The van der Waals surface area contributed by atoms with Crippen molar-refractivity contribution < 1.29 is 0 Å². The Morgan fingerprint density at radius 3 is 3.08 bits per heavy atom. The molecule has 0 amide bonds. The van der Waals surface area contributed by atoms with Crippen LogP contribution in [0.25, 0.3) is 0 Å². The summed E-state index contributed by atoms with van der Waals surface area (Å²) in [6.07, 6.45) is 1.76. The Hall–Kier alpha value is -0.940. The highest BCUT2D eigenvalue weighted by molar-refractivity contribution is 7.80. The molecule has 2 N–H and O–H groups in total. The van der Waals surface area contributed by atoms with E-state index in [4.69, 9.17) is 18.0 Å². The summed E-state index contributed by atoms with van der Waals surface area (Å²) >= 11 is 6.43. The summed E-state index contributed by atoms with van der Waals surface area (Å²) in [7, 11) is 0. The molecule has 1 rings (SSSR count). The van der Waals surface area contributed by atoms with Crippen LogP contribution in [0.1, 0.15) is 11.8 Å². The standard InChI is InChI=1S/C8H11N3S2/c1-2-11(8(9)12)10-6-7-4-3-5-13-7/h3-6H,2H2,1H3,(H2,9,12). The van der Waals surface area contributed by atoms with Crippen LogP contribution in [-0.2, 0) is 0 Å². The van der Waals surface area contributed by atoms with Crippen LogP contribution < -0.4 is 5.73 Å². The number of nitrogens with two attached hydrogens (primary N) is 1. The zero-order valence-corrected chi connectivity index (χ0v) is 8.94. The molecule has 0 unspecified atom stereocenters. The van der Waals surface area contributed by atoms with Crippen LogP contribution in [0.4, 0.5) is 0 Å². The zero-order chi connectivity index (χ0) is 9.68. The van der Waals surface area contributed by atoms with Gasteiger partial charge in [-0.15, -0.1) is 11.3 Å². The van der Waals surface area contributed by atoms with Crippen molar-refractivity contribution in [3.05, 3.63) is 22.4 Å². The SMILES string of the molecule is CCN(N=Cc1cccs1)C(N)=S. The molecule has 1 aromatic rings. The smallest absolute Gasteiger partial charge is 0.186 e. The van der Waals surface area contributed by atoms with E-state index in [0.717, 1.165) is 4.88 Å². The monoisotopic (exact) mass is 213 g/mol. The van der Waals surface area contributed by atoms with Gasteiger partial charge < -0.3 is 5.73 Å². The Balaban J connectivity index is 2.61. The maximum absolute atomic E-state index is 5.43. The Bertz CT molecular complexity index is 292. The average molecular weight is 213 g/mol. The summed E-state index contributed by atoms with van der Waals surface area (Å²) in [4.78, 5) is 1.09. The molecule has 0 bridgehead atoms. The average Bonchev–Trinajstić information content (AvgIpc) is 2.57. The number of thiocarbonyl (C=S) groups is 1. The summed E-state index contributed by atoms with van der Waals surface area (Å²) in [5, 5.41) is 8.01. The van der Waals surface area contributed by atoms with Gasteiger partial charge in [0.15, 0.2) is 5.11 Å². The molecular weight excluding hydrogens is 202 g/mol. The zero-order valence-electron chi connectivity index (χ0n) is 7.30. The Morgan fingerprint density at radius 1 is 1.85 bits per heavy atom. The first kappa shape index (κ1) is 10.1. The lowest BCUT2D eigenvalue weighted by Crippen LogP contribution is -2.30. The van der Waals surface area contributed by atoms with Gasteiger partial charge in [0.25, 0.3) is 0 Å². The van der Waals surface area contributed by atoms with Crippen LogP contribution in [0, 0.1) is 0 Å². The molecule has 0 aliphatic heterocycles. The highest BCUT2D eigenvalue weighted by atomic mass is 32.1. The van der Waals surface area contributed by atoms with Crippen LogP contribution in [0.3, 0.4) is 0 Å². The highest BCUT2D eigenvalue weighted by Gasteiger charge is 1.98. The van der Waals surface area contributed by atoms with Crippen LogP contribution in [0.2, 0.25) is 0 Å². The quantitative estimate of drug-likeness (QED) is 0.471. The third-order valence-corrected chi connectivity index (χ3v) is 2.44. The molecule has 5 heteroatoms. The van der Waals surface area contributed by atoms with E-state index in [1.165, 1.54) is 0 Å². The van der Waals surface area contributed by atoms with Gasteiger partial charge in [-0.1, -0.05) is 6.07 Å². The van der Waals surface area contributed by atoms with E-state index in [2.05, 4.69) is 5.10 Å². The topological polar surface area (TPSA) is 41.6 Å². The van der Waals surface area contributed by atoms with Crippen LogP contribution in [0.15, 0.2) is 22.6 Å². The second-order valence-electron chi connectivity index (χ2n) is 2.31. The van der Waals surface area contributed by atoms with Crippen molar-refractivity contribution in [2.75, 3.05) is 6.54 Å². The fourth-order valence-electron chi connectivity index (χ4n) is 0.786. The number of thiophene rings is 1. The molecule has 70 valence electrons. The molecule has 0 atom stereocenters. The molecule has 0 saturated carbocycles. The third kappa shape index (κ3) is 3.12. The minimum Gasteiger partial charge on any atom is -0.375 e. The maximum Gasteiger partial charge on any atom is 0.186 e. The summed E-state index contributed by atoms with van der Waals surface area (Å²) in [5.74, 6) is 0. The number of hydrazone groups is 1. The summed E-state index contributed by atoms with van der Waals surface area (Å²) in [6, 6.07) is 3.96. The second-order valence-corrected chi connectivity index (χ2v) is 3.71. The van der Waals surface area contributed by atoms with Crippen molar-refractivity contribution in [1.82, 2.24) is 5.01 Å². The lowest BCUT2D eigenvalue weighted by atomic mass is 10.5. The molecule has 0 aliphatic carbocycles. The molecule has 3 nitrogen and oxygen atoms in total. The minimum absolute atomic E-state index is 0.301. The molecule has 0 aromatic carbocycles. The van der Waals surface area contributed by atoms with Crippen LogP contribution >= 0.6 is 23.6 Å². The molecule has 1 aromatic heterocycles. The Labute approximate surface area is 86.9 Å². The van der Waals surface area contributed by atoms with E-state index in [1.54, 1.807) is 22.6 Å². The second kappa shape index (κ2) is 4.94. The van der Waals surface area contributed by atoms with Crippen LogP contribution in [0.5, 0.6) is 0 Å². The van der Waals surface area contributed by atoms with E-state index in [-0.39, 0.29) is 0 Å². The van der Waals surface area contributed by atoms with Gasteiger partial charge in [0.2, 0.25) is 0 Å². The largest absolute Gasteiger partial charge is 0.375 e. The summed E-state index contributed by atoms with van der Waals surface area (Å²) in [5.41, 5.74) is 5.43. The van der Waals surface area contributed by atoms with E-state index >= 15 is 0 Å². The first-order valence-corrected chi connectivity index (χ1v) is 5.17. The van der Waals surface area contributed by atoms with Crippen molar-refractivity contribution in [3.8, 4) is 0 Å². The molecular formula is C8H11N3S2. The predicted octanol–water partition coefficient (Wildman–Crippen LogP) is 1.65. The number of nitrogens with zero attached hydrogens (tertiary/aromatic N) is 2. The first-order valence-electron chi connectivity index (χ1n) is 3.88. The van der Waals surface area contributed by atoms with Crippen molar-refractivity contribution >= 4 is 34.9 Å². The van der Waals surface area contributed by atoms with Crippen molar-refractivity contribution in [3.63, 3.8) is 0 Å². The molecule has 0 spiro atoms. The molecule has 1 heterocycles.